The molecule has 0 spiro atoms. The quantitative estimate of drug-likeness (QED) is 0.683. The molecular formula is C19H19N5O2. The molecule has 1 N–H and O–H groups in total. The number of aromatic nitrogens is 4. The number of nitrogens with one attached hydrogen (secondary N) is 1. The van der Waals surface area contributed by atoms with E-state index in [1.54, 1.807) is 31.5 Å². The number of rotatable bonds is 6. The van der Waals surface area contributed by atoms with E-state index in [2.05, 4.69) is 15.4 Å². The van der Waals surface area contributed by atoms with E-state index in [9.17, 15) is 9.59 Å². The molecule has 2 aromatic heterocycles. The number of carbonyl (C=O) groups excluding carboxylic acids is 1. The number of benzene rings is 1. The van der Waals surface area contributed by atoms with Gasteiger partial charge in [0.25, 0.3) is 0 Å². The molecule has 0 aliphatic heterocycles. The Balaban J connectivity index is 1.59. The third kappa shape index (κ3) is 4.13. The first-order chi connectivity index (χ1) is 12.6. The van der Waals surface area contributed by atoms with Crippen molar-refractivity contribution in [2.45, 2.75) is 6.54 Å². The zero-order valence-electron chi connectivity index (χ0n) is 14.4. The van der Waals surface area contributed by atoms with Crippen LogP contribution < -0.4 is 11.0 Å². The van der Waals surface area contributed by atoms with Gasteiger partial charge in [-0.1, -0.05) is 36.4 Å². The number of pyridine rings is 1. The lowest BCUT2D eigenvalue weighted by Gasteiger charge is -2.01. The normalized spacial score (nSPS) is 11.0. The molecule has 0 radical (unpaired) electrons. The maximum absolute atomic E-state index is 12.3. The Morgan fingerprint density at radius 1 is 1.15 bits per heavy atom. The Morgan fingerprint density at radius 2 is 1.92 bits per heavy atom. The molecule has 0 aliphatic rings. The first-order valence-electron chi connectivity index (χ1n) is 8.21. The Bertz CT molecular complexity index is 959. The van der Waals surface area contributed by atoms with E-state index >= 15 is 0 Å². The number of carbonyl (C=O) groups is 1. The summed E-state index contributed by atoms with van der Waals surface area (Å²) in [4.78, 5) is 28.3. The van der Waals surface area contributed by atoms with Crippen LogP contribution >= 0.6 is 0 Å². The fourth-order valence-corrected chi connectivity index (χ4v) is 2.43. The number of amides is 1. The van der Waals surface area contributed by atoms with Gasteiger partial charge in [0, 0.05) is 25.9 Å². The summed E-state index contributed by atoms with van der Waals surface area (Å²) in [6.07, 6.45) is 4.86. The van der Waals surface area contributed by atoms with Crippen molar-refractivity contribution < 1.29 is 4.79 Å². The maximum atomic E-state index is 12.3. The molecule has 3 rings (SSSR count). The van der Waals surface area contributed by atoms with Crippen LogP contribution in [-0.2, 0) is 18.4 Å². The predicted molar refractivity (Wildman–Crippen MR) is 99.2 cm³/mol. The Labute approximate surface area is 150 Å². The van der Waals surface area contributed by atoms with Crippen molar-refractivity contribution in [3.63, 3.8) is 0 Å². The standard InChI is InChI=1S/C19H19N5O2/c1-23-18(16-9-5-6-12-20-16)22-24(19(23)26)14-13-21-17(25)11-10-15-7-3-2-4-8-15/h2-12H,13-14H2,1H3,(H,21,25)/b11-10+. The van der Waals surface area contributed by atoms with Gasteiger partial charge in [-0.25, -0.2) is 9.48 Å². The zero-order valence-corrected chi connectivity index (χ0v) is 14.4. The minimum absolute atomic E-state index is 0.220. The van der Waals surface area contributed by atoms with Crippen LogP contribution in [-0.4, -0.2) is 31.8 Å². The largest absolute Gasteiger partial charge is 0.351 e. The zero-order chi connectivity index (χ0) is 18.4. The van der Waals surface area contributed by atoms with E-state index in [0.717, 1.165) is 5.56 Å². The summed E-state index contributed by atoms with van der Waals surface area (Å²) in [6, 6.07) is 15.0. The van der Waals surface area contributed by atoms with Crippen LogP contribution in [0.2, 0.25) is 0 Å². The van der Waals surface area contributed by atoms with Crippen LogP contribution in [0.3, 0.4) is 0 Å². The highest BCUT2D eigenvalue weighted by Crippen LogP contribution is 2.10. The predicted octanol–water partition coefficient (Wildman–Crippen LogP) is 1.47. The van der Waals surface area contributed by atoms with Crippen molar-refractivity contribution in [1.82, 2.24) is 24.6 Å². The molecule has 1 amide bonds. The first-order valence-corrected chi connectivity index (χ1v) is 8.21. The summed E-state index contributed by atoms with van der Waals surface area (Å²) in [5.74, 6) is 0.272. The summed E-state index contributed by atoms with van der Waals surface area (Å²) < 4.78 is 2.77. The third-order valence-electron chi connectivity index (χ3n) is 3.78. The maximum Gasteiger partial charge on any atom is 0.346 e. The lowest BCUT2D eigenvalue weighted by atomic mass is 10.2. The van der Waals surface area contributed by atoms with E-state index in [0.29, 0.717) is 18.1 Å². The highest BCUT2D eigenvalue weighted by atomic mass is 16.2. The van der Waals surface area contributed by atoms with Gasteiger partial charge in [-0.3, -0.25) is 14.3 Å². The molecule has 0 fully saturated rings. The molecule has 0 aliphatic carbocycles. The summed E-state index contributed by atoms with van der Waals surface area (Å²) in [7, 11) is 1.65. The van der Waals surface area contributed by atoms with E-state index in [-0.39, 0.29) is 18.1 Å². The van der Waals surface area contributed by atoms with Crippen molar-refractivity contribution in [2.75, 3.05) is 6.54 Å². The summed E-state index contributed by atoms with van der Waals surface area (Å²) >= 11 is 0. The second-order valence-electron chi connectivity index (χ2n) is 5.64. The van der Waals surface area contributed by atoms with Crippen LogP contribution in [0, 0.1) is 0 Å². The van der Waals surface area contributed by atoms with E-state index in [4.69, 9.17) is 0 Å². The topological polar surface area (TPSA) is 81.8 Å². The highest BCUT2D eigenvalue weighted by molar-refractivity contribution is 5.91. The van der Waals surface area contributed by atoms with Crippen LogP contribution in [0.15, 0.2) is 65.6 Å². The molecule has 0 saturated heterocycles. The average Bonchev–Trinajstić information content (AvgIpc) is 2.96. The minimum atomic E-state index is -0.250. The molecule has 7 nitrogen and oxygen atoms in total. The molecule has 26 heavy (non-hydrogen) atoms. The molecule has 3 aromatic rings. The van der Waals surface area contributed by atoms with Gasteiger partial charge in [-0.05, 0) is 23.8 Å². The monoisotopic (exact) mass is 349 g/mol. The second-order valence-corrected chi connectivity index (χ2v) is 5.64. The summed E-state index contributed by atoms with van der Waals surface area (Å²) in [5.41, 5.74) is 1.32. The third-order valence-corrected chi connectivity index (χ3v) is 3.78. The first kappa shape index (κ1) is 17.3. The second kappa shape index (κ2) is 8.06. The lowest BCUT2D eigenvalue weighted by Crippen LogP contribution is -2.30. The van der Waals surface area contributed by atoms with Crippen LogP contribution in [0.25, 0.3) is 17.6 Å². The van der Waals surface area contributed by atoms with Gasteiger partial charge >= 0.3 is 5.69 Å². The number of nitrogens with zero attached hydrogens (tertiary/aromatic N) is 4. The van der Waals surface area contributed by atoms with Crippen LogP contribution in [0.1, 0.15) is 5.56 Å². The van der Waals surface area contributed by atoms with Crippen molar-refractivity contribution in [3.8, 4) is 11.5 Å². The molecule has 0 saturated carbocycles. The Kier molecular flexibility index (Phi) is 5.38. The van der Waals surface area contributed by atoms with Gasteiger partial charge in [0.05, 0.1) is 6.54 Å². The molecular weight excluding hydrogens is 330 g/mol. The smallest absolute Gasteiger partial charge is 0.346 e. The fraction of sp³-hybridized carbons (Fsp3) is 0.158. The lowest BCUT2D eigenvalue weighted by molar-refractivity contribution is -0.116. The summed E-state index contributed by atoms with van der Waals surface area (Å²) in [5, 5.41) is 7.05. The van der Waals surface area contributed by atoms with Gasteiger partial charge in [0.2, 0.25) is 5.91 Å². The molecule has 1 aromatic carbocycles. The van der Waals surface area contributed by atoms with Crippen LogP contribution in [0.4, 0.5) is 0 Å². The SMILES string of the molecule is Cn1c(-c2ccccn2)nn(CCNC(=O)/C=C/c2ccccc2)c1=O. The van der Waals surface area contributed by atoms with Crippen molar-refractivity contribution in [2.24, 2.45) is 7.05 Å². The van der Waals surface area contributed by atoms with E-state index in [1.807, 2.05) is 36.4 Å². The summed E-state index contributed by atoms with van der Waals surface area (Å²) in [6.45, 7) is 0.584. The average molecular weight is 349 g/mol. The van der Waals surface area contributed by atoms with Gasteiger partial charge in [-0.2, -0.15) is 0 Å². The molecule has 7 heteroatoms. The van der Waals surface area contributed by atoms with Crippen molar-refractivity contribution in [3.05, 3.63) is 76.9 Å². The number of hydrogen-bond donors (Lipinski definition) is 1. The molecule has 0 atom stereocenters. The molecule has 0 unspecified atom stereocenters. The van der Waals surface area contributed by atoms with Crippen LogP contribution in [0.5, 0.6) is 0 Å². The minimum Gasteiger partial charge on any atom is -0.351 e. The van der Waals surface area contributed by atoms with Gasteiger partial charge < -0.3 is 5.32 Å². The number of hydrogen-bond acceptors (Lipinski definition) is 4. The van der Waals surface area contributed by atoms with Crippen molar-refractivity contribution >= 4 is 12.0 Å². The Hall–Kier alpha value is -3.48. The van der Waals surface area contributed by atoms with Gasteiger partial charge in [0.1, 0.15) is 5.69 Å². The molecule has 132 valence electrons. The van der Waals surface area contributed by atoms with Crippen molar-refractivity contribution in [1.29, 1.82) is 0 Å². The molecule has 2 heterocycles. The molecule has 0 bridgehead atoms. The van der Waals surface area contributed by atoms with Gasteiger partial charge in [-0.15, -0.1) is 5.10 Å². The Morgan fingerprint density at radius 3 is 2.65 bits per heavy atom. The highest BCUT2D eigenvalue weighted by Gasteiger charge is 2.12. The fourth-order valence-electron chi connectivity index (χ4n) is 2.43. The van der Waals surface area contributed by atoms with E-state index < -0.39 is 0 Å². The van der Waals surface area contributed by atoms with E-state index in [1.165, 1.54) is 15.3 Å². The van der Waals surface area contributed by atoms with Gasteiger partial charge in [0.15, 0.2) is 5.82 Å².